The zero-order valence-electron chi connectivity index (χ0n) is 10.9. The molecule has 0 aromatic heterocycles. The fourth-order valence-electron chi connectivity index (χ4n) is 2.50. The number of nitriles is 2. The van der Waals surface area contributed by atoms with Crippen LogP contribution in [0.5, 0.6) is 0 Å². The van der Waals surface area contributed by atoms with Crippen LogP contribution in [0.1, 0.15) is 37.7 Å². The first-order valence-electron chi connectivity index (χ1n) is 6.54. The van der Waals surface area contributed by atoms with Gasteiger partial charge in [-0.15, -0.1) is 0 Å². The largest absolute Gasteiger partial charge is 0.324 e. The van der Waals surface area contributed by atoms with E-state index >= 15 is 0 Å². The molecular weight excluding hydrogens is 318 g/mol. The summed E-state index contributed by atoms with van der Waals surface area (Å²) in [5.41, 5.74) is -0.101. The molecule has 4 nitrogen and oxygen atoms in total. The molecule has 0 saturated heterocycles. The molecule has 0 radical (unpaired) electrons. The van der Waals surface area contributed by atoms with Crippen LogP contribution < -0.4 is 5.32 Å². The van der Waals surface area contributed by atoms with Gasteiger partial charge in [0.2, 0.25) is 5.91 Å². The molecule has 1 saturated carbocycles. The summed E-state index contributed by atoms with van der Waals surface area (Å²) in [5.74, 6) is -0.293. The quantitative estimate of drug-likeness (QED) is 0.896. The summed E-state index contributed by atoms with van der Waals surface area (Å²) in [6.07, 6.45) is 4.04. The van der Waals surface area contributed by atoms with Gasteiger partial charge in [0.05, 0.1) is 17.3 Å². The van der Waals surface area contributed by atoms with Crippen molar-refractivity contribution in [1.29, 1.82) is 10.5 Å². The van der Waals surface area contributed by atoms with Gasteiger partial charge in [-0.3, -0.25) is 4.79 Å². The van der Waals surface area contributed by atoms with Gasteiger partial charge in [-0.05, 0) is 31.0 Å². The molecule has 20 heavy (non-hydrogen) atoms. The lowest BCUT2D eigenvalue weighted by Crippen LogP contribution is -2.36. The maximum absolute atomic E-state index is 12.4. The SMILES string of the molecule is N#Cc1cc(Br)ccc1NC(=O)C1(C#N)CCCCC1. The van der Waals surface area contributed by atoms with Gasteiger partial charge < -0.3 is 5.32 Å². The van der Waals surface area contributed by atoms with Crippen LogP contribution in [0.4, 0.5) is 5.69 Å². The summed E-state index contributed by atoms with van der Waals surface area (Å²) in [6.45, 7) is 0. The fourth-order valence-corrected chi connectivity index (χ4v) is 2.87. The number of benzene rings is 1. The number of carbonyl (C=O) groups excluding carboxylic acids is 1. The first kappa shape index (κ1) is 14.6. The number of hydrogen-bond donors (Lipinski definition) is 1. The van der Waals surface area contributed by atoms with Crippen LogP contribution in [0.25, 0.3) is 0 Å². The van der Waals surface area contributed by atoms with Gasteiger partial charge in [-0.1, -0.05) is 35.2 Å². The van der Waals surface area contributed by atoms with Crippen molar-refractivity contribution in [3.63, 3.8) is 0 Å². The highest BCUT2D eigenvalue weighted by Crippen LogP contribution is 2.37. The van der Waals surface area contributed by atoms with Crippen molar-refractivity contribution in [2.24, 2.45) is 5.41 Å². The molecule has 1 amide bonds. The minimum absolute atomic E-state index is 0.293. The molecule has 5 heteroatoms. The first-order chi connectivity index (χ1) is 9.61. The molecule has 1 N–H and O–H groups in total. The summed E-state index contributed by atoms with van der Waals surface area (Å²) in [6, 6.07) is 9.31. The van der Waals surface area contributed by atoms with E-state index in [0.29, 0.717) is 24.1 Å². The van der Waals surface area contributed by atoms with Crippen LogP contribution in [0.15, 0.2) is 22.7 Å². The lowest BCUT2D eigenvalue weighted by atomic mass is 9.74. The number of nitrogens with zero attached hydrogens (tertiary/aromatic N) is 2. The van der Waals surface area contributed by atoms with Crippen LogP contribution in [-0.4, -0.2) is 5.91 Å². The second kappa shape index (κ2) is 6.07. The van der Waals surface area contributed by atoms with Crippen molar-refractivity contribution in [2.45, 2.75) is 32.1 Å². The van der Waals surface area contributed by atoms with Crippen molar-refractivity contribution in [3.8, 4) is 12.1 Å². The van der Waals surface area contributed by atoms with E-state index in [1.807, 2.05) is 6.07 Å². The maximum atomic E-state index is 12.4. The average Bonchev–Trinajstić information content (AvgIpc) is 2.49. The van der Waals surface area contributed by atoms with Crippen molar-refractivity contribution in [1.82, 2.24) is 0 Å². The second-order valence-electron chi connectivity index (χ2n) is 5.01. The van der Waals surface area contributed by atoms with Gasteiger partial charge >= 0.3 is 0 Å². The summed E-state index contributed by atoms with van der Waals surface area (Å²) in [5, 5.41) is 21.2. The van der Waals surface area contributed by atoms with Gasteiger partial charge in [0.15, 0.2) is 0 Å². The Hall–Kier alpha value is -1.85. The molecule has 0 unspecified atom stereocenters. The Morgan fingerprint density at radius 2 is 1.95 bits per heavy atom. The third-order valence-corrected chi connectivity index (χ3v) is 4.20. The van der Waals surface area contributed by atoms with E-state index in [2.05, 4.69) is 27.3 Å². The van der Waals surface area contributed by atoms with Gasteiger partial charge in [0.1, 0.15) is 11.5 Å². The Kier molecular flexibility index (Phi) is 4.42. The van der Waals surface area contributed by atoms with E-state index in [-0.39, 0.29) is 5.91 Å². The number of halogens is 1. The second-order valence-corrected chi connectivity index (χ2v) is 5.93. The van der Waals surface area contributed by atoms with Crippen molar-refractivity contribution < 1.29 is 4.79 Å². The molecule has 102 valence electrons. The average molecular weight is 332 g/mol. The van der Waals surface area contributed by atoms with Crippen LogP contribution >= 0.6 is 15.9 Å². The van der Waals surface area contributed by atoms with Gasteiger partial charge in [-0.25, -0.2) is 0 Å². The standard InChI is InChI=1S/C15H14BrN3O/c16-12-4-5-13(11(8-12)9-17)19-14(20)15(10-18)6-2-1-3-7-15/h4-5,8H,1-3,6-7H2,(H,19,20). The summed E-state index contributed by atoms with van der Waals surface area (Å²) >= 11 is 3.29. The van der Waals surface area contributed by atoms with Crippen molar-refractivity contribution >= 4 is 27.5 Å². The fraction of sp³-hybridized carbons (Fsp3) is 0.400. The summed E-state index contributed by atoms with van der Waals surface area (Å²) in [7, 11) is 0. The van der Waals surface area contributed by atoms with E-state index in [4.69, 9.17) is 5.26 Å². The molecule has 0 bridgehead atoms. The predicted molar refractivity (Wildman–Crippen MR) is 78.6 cm³/mol. The number of hydrogen-bond acceptors (Lipinski definition) is 3. The molecule has 0 atom stereocenters. The summed E-state index contributed by atoms with van der Waals surface area (Å²) < 4.78 is 0.778. The Balaban J connectivity index is 2.24. The van der Waals surface area contributed by atoms with E-state index in [9.17, 15) is 10.1 Å². The zero-order chi connectivity index (χ0) is 14.6. The van der Waals surface area contributed by atoms with E-state index < -0.39 is 5.41 Å². The third kappa shape index (κ3) is 2.84. The van der Waals surface area contributed by atoms with Gasteiger partial charge in [-0.2, -0.15) is 10.5 Å². The maximum Gasteiger partial charge on any atom is 0.244 e. The highest BCUT2D eigenvalue weighted by molar-refractivity contribution is 9.10. The number of amides is 1. The molecule has 1 aliphatic carbocycles. The van der Waals surface area contributed by atoms with E-state index in [1.54, 1.807) is 18.2 Å². The molecule has 0 spiro atoms. The molecule has 1 fully saturated rings. The lowest BCUT2D eigenvalue weighted by Gasteiger charge is -2.29. The molecular formula is C15H14BrN3O. The highest BCUT2D eigenvalue weighted by Gasteiger charge is 2.40. The number of carbonyl (C=O) groups is 1. The summed E-state index contributed by atoms with van der Waals surface area (Å²) in [4.78, 5) is 12.4. The monoisotopic (exact) mass is 331 g/mol. The lowest BCUT2D eigenvalue weighted by molar-refractivity contribution is -0.124. The number of nitrogens with one attached hydrogen (secondary N) is 1. The molecule has 2 rings (SSSR count). The van der Waals surface area contributed by atoms with Crippen LogP contribution in [0.3, 0.4) is 0 Å². The zero-order valence-corrected chi connectivity index (χ0v) is 12.5. The Morgan fingerprint density at radius 1 is 1.25 bits per heavy atom. The topological polar surface area (TPSA) is 76.7 Å². The number of anilines is 1. The molecule has 1 aromatic carbocycles. The van der Waals surface area contributed by atoms with Crippen LogP contribution in [0.2, 0.25) is 0 Å². The normalized spacial score (nSPS) is 16.8. The molecule has 0 aliphatic heterocycles. The van der Waals surface area contributed by atoms with E-state index in [1.165, 1.54) is 0 Å². The minimum atomic E-state index is -0.946. The molecule has 1 aliphatic rings. The van der Waals surface area contributed by atoms with Gasteiger partial charge in [0, 0.05) is 4.47 Å². The smallest absolute Gasteiger partial charge is 0.244 e. The van der Waals surface area contributed by atoms with Crippen molar-refractivity contribution in [3.05, 3.63) is 28.2 Å². The highest BCUT2D eigenvalue weighted by atomic mass is 79.9. The molecule has 0 heterocycles. The Morgan fingerprint density at radius 3 is 2.55 bits per heavy atom. The third-order valence-electron chi connectivity index (χ3n) is 3.71. The van der Waals surface area contributed by atoms with Crippen LogP contribution in [-0.2, 0) is 4.79 Å². The van der Waals surface area contributed by atoms with Crippen molar-refractivity contribution in [2.75, 3.05) is 5.32 Å². The first-order valence-corrected chi connectivity index (χ1v) is 7.33. The van der Waals surface area contributed by atoms with Gasteiger partial charge in [0.25, 0.3) is 0 Å². The minimum Gasteiger partial charge on any atom is -0.324 e. The Labute approximate surface area is 126 Å². The van der Waals surface area contributed by atoms with Crippen LogP contribution in [0, 0.1) is 28.1 Å². The van der Waals surface area contributed by atoms with E-state index in [0.717, 1.165) is 23.7 Å². The molecule has 1 aromatic rings. The number of rotatable bonds is 2. The predicted octanol–water partition coefficient (Wildman–Crippen LogP) is 3.73. The Bertz CT molecular complexity index is 607.